The number of anilines is 1. The van der Waals surface area contributed by atoms with E-state index in [0.29, 0.717) is 19.3 Å². The minimum atomic E-state index is -0.850. The number of hydrogen-bond acceptors (Lipinski definition) is 6. The highest BCUT2D eigenvalue weighted by molar-refractivity contribution is 5.70. The van der Waals surface area contributed by atoms with Crippen molar-refractivity contribution in [2.75, 3.05) is 5.32 Å². The fraction of sp³-hybridized carbons (Fsp3) is 0.417. The Balaban J connectivity index is 2.16. The van der Waals surface area contributed by atoms with Crippen molar-refractivity contribution in [3.8, 4) is 6.07 Å². The second kappa shape index (κ2) is 5.52. The van der Waals surface area contributed by atoms with Crippen molar-refractivity contribution in [3.63, 3.8) is 0 Å². The molecular formula is C12H12N4O4. The summed E-state index contributed by atoms with van der Waals surface area (Å²) in [5, 5.41) is 31.5. The third-order valence-corrected chi connectivity index (χ3v) is 3.32. The maximum absolute atomic E-state index is 11.0. The maximum Gasteiger partial charge on any atom is 0.312 e. The Bertz CT molecular complexity index is 596. The van der Waals surface area contributed by atoms with Crippen molar-refractivity contribution < 1.29 is 14.8 Å². The second-order valence-corrected chi connectivity index (χ2v) is 4.65. The van der Waals surface area contributed by atoms with Crippen LogP contribution in [0.3, 0.4) is 0 Å². The summed E-state index contributed by atoms with van der Waals surface area (Å²) in [5.74, 6) is -1.20. The van der Waals surface area contributed by atoms with Gasteiger partial charge in [-0.3, -0.25) is 14.9 Å². The van der Waals surface area contributed by atoms with Crippen molar-refractivity contribution in [3.05, 3.63) is 27.9 Å². The van der Waals surface area contributed by atoms with Crippen molar-refractivity contribution >= 4 is 17.5 Å². The van der Waals surface area contributed by atoms with Crippen LogP contribution in [-0.2, 0) is 4.79 Å². The zero-order chi connectivity index (χ0) is 14.7. The molecule has 8 heteroatoms. The molecule has 1 saturated carbocycles. The van der Waals surface area contributed by atoms with Crippen LogP contribution in [0.25, 0.3) is 0 Å². The van der Waals surface area contributed by atoms with E-state index in [-0.39, 0.29) is 23.1 Å². The Morgan fingerprint density at radius 3 is 2.90 bits per heavy atom. The Morgan fingerprint density at radius 2 is 2.35 bits per heavy atom. The van der Waals surface area contributed by atoms with E-state index in [1.54, 1.807) is 6.07 Å². The van der Waals surface area contributed by atoms with Crippen LogP contribution in [0, 0.1) is 27.4 Å². The molecule has 0 spiro atoms. The number of pyridine rings is 1. The average molecular weight is 276 g/mol. The van der Waals surface area contributed by atoms with Gasteiger partial charge in [0.05, 0.1) is 16.4 Å². The molecule has 20 heavy (non-hydrogen) atoms. The number of rotatable bonds is 4. The number of carboxylic acid groups (broad SMARTS) is 1. The molecule has 8 nitrogen and oxygen atoms in total. The zero-order valence-corrected chi connectivity index (χ0v) is 10.4. The maximum atomic E-state index is 11.0. The van der Waals surface area contributed by atoms with Crippen LogP contribution < -0.4 is 5.32 Å². The zero-order valence-electron chi connectivity index (χ0n) is 10.4. The van der Waals surface area contributed by atoms with E-state index < -0.39 is 16.8 Å². The number of nitrogens with zero attached hydrogens (tertiary/aromatic N) is 3. The van der Waals surface area contributed by atoms with E-state index in [0.717, 1.165) is 6.07 Å². The normalized spacial score (nSPS) is 21.1. The fourth-order valence-electron chi connectivity index (χ4n) is 2.29. The average Bonchev–Trinajstić information content (AvgIpc) is 2.87. The van der Waals surface area contributed by atoms with Crippen LogP contribution in [0.5, 0.6) is 0 Å². The molecule has 1 aromatic rings. The largest absolute Gasteiger partial charge is 0.481 e. The van der Waals surface area contributed by atoms with E-state index in [4.69, 9.17) is 10.4 Å². The van der Waals surface area contributed by atoms with E-state index >= 15 is 0 Å². The molecule has 0 bridgehead atoms. The number of nitriles is 1. The van der Waals surface area contributed by atoms with E-state index in [1.807, 2.05) is 0 Å². The van der Waals surface area contributed by atoms with Crippen molar-refractivity contribution in [2.24, 2.45) is 5.92 Å². The van der Waals surface area contributed by atoms with Gasteiger partial charge in [0.2, 0.25) is 5.82 Å². The van der Waals surface area contributed by atoms with Gasteiger partial charge in [0, 0.05) is 18.3 Å². The first kappa shape index (κ1) is 13.7. The number of hydrogen-bond donors (Lipinski definition) is 2. The molecule has 104 valence electrons. The van der Waals surface area contributed by atoms with Gasteiger partial charge in [-0.2, -0.15) is 5.26 Å². The lowest BCUT2D eigenvalue weighted by Crippen LogP contribution is -2.19. The molecular weight excluding hydrogens is 264 g/mol. The summed E-state index contributed by atoms with van der Waals surface area (Å²) in [6.07, 6.45) is 2.82. The van der Waals surface area contributed by atoms with Gasteiger partial charge in [-0.15, -0.1) is 0 Å². The van der Waals surface area contributed by atoms with Crippen molar-refractivity contribution in [2.45, 2.75) is 25.3 Å². The highest BCUT2D eigenvalue weighted by atomic mass is 16.6. The number of nitrogens with one attached hydrogen (secondary N) is 1. The van der Waals surface area contributed by atoms with Gasteiger partial charge in [-0.1, -0.05) is 0 Å². The molecule has 0 amide bonds. The number of aliphatic carboxylic acids is 1. The molecule has 0 saturated heterocycles. The summed E-state index contributed by atoms with van der Waals surface area (Å²) < 4.78 is 0. The monoisotopic (exact) mass is 276 g/mol. The fourth-order valence-corrected chi connectivity index (χ4v) is 2.29. The van der Waals surface area contributed by atoms with E-state index in [9.17, 15) is 14.9 Å². The summed E-state index contributed by atoms with van der Waals surface area (Å²) in [6, 6.07) is 2.79. The predicted octanol–water partition coefficient (Wildman–Crippen LogP) is 1.53. The van der Waals surface area contributed by atoms with E-state index in [2.05, 4.69) is 10.3 Å². The van der Waals surface area contributed by atoms with E-state index in [1.165, 1.54) is 6.20 Å². The number of carboxylic acids is 1. The lowest BCUT2D eigenvalue weighted by molar-refractivity contribution is -0.384. The quantitative estimate of drug-likeness (QED) is 0.629. The first-order chi connectivity index (χ1) is 9.51. The van der Waals surface area contributed by atoms with Crippen LogP contribution >= 0.6 is 0 Å². The first-order valence-corrected chi connectivity index (χ1v) is 6.05. The molecule has 0 aliphatic heterocycles. The van der Waals surface area contributed by atoms with Gasteiger partial charge < -0.3 is 10.4 Å². The molecule has 1 heterocycles. The second-order valence-electron chi connectivity index (χ2n) is 4.65. The standard InChI is InChI=1S/C12H12N4O4/c13-5-7-3-10(16(19)20)11(14-6-7)15-9-2-1-8(4-9)12(17)18/h3,6,8-9H,1-2,4H2,(H,14,15)(H,17,18). The predicted molar refractivity (Wildman–Crippen MR) is 68.0 cm³/mol. The van der Waals surface area contributed by atoms with Gasteiger partial charge in [0.1, 0.15) is 6.07 Å². The molecule has 2 unspecified atom stereocenters. The SMILES string of the molecule is N#Cc1cnc(NC2CCC(C(=O)O)C2)c([N+](=O)[O-])c1. The molecule has 1 aromatic heterocycles. The molecule has 1 aliphatic rings. The summed E-state index contributed by atoms with van der Waals surface area (Å²) in [5.41, 5.74) is -0.167. The summed E-state index contributed by atoms with van der Waals surface area (Å²) in [7, 11) is 0. The number of nitro groups is 1. The summed E-state index contributed by atoms with van der Waals surface area (Å²) in [6.45, 7) is 0. The van der Waals surface area contributed by atoms with Gasteiger partial charge in [-0.25, -0.2) is 4.98 Å². The van der Waals surface area contributed by atoms with Gasteiger partial charge in [0.15, 0.2) is 0 Å². The molecule has 1 fully saturated rings. The smallest absolute Gasteiger partial charge is 0.312 e. The minimum absolute atomic E-state index is 0.0741. The lowest BCUT2D eigenvalue weighted by atomic mass is 10.1. The molecule has 2 atom stereocenters. The summed E-state index contributed by atoms with van der Waals surface area (Å²) in [4.78, 5) is 25.1. The van der Waals surface area contributed by atoms with Crippen molar-refractivity contribution in [1.29, 1.82) is 5.26 Å². The van der Waals surface area contributed by atoms with Crippen LogP contribution in [0.4, 0.5) is 11.5 Å². The topological polar surface area (TPSA) is 129 Å². The summed E-state index contributed by atoms with van der Waals surface area (Å²) >= 11 is 0. The van der Waals surface area contributed by atoms with Crippen LogP contribution in [0.1, 0.15) is 24.8 Å². The molecule has 2 rings (SSSR count). The van der Waals surface area contributed by atoms with Gasteiger partial charge in [0.25, 0.3) is 0 Å². The van der Waals surface area contributed by atoms with Gasteiger partial charge in [-0.05, 0) is 19.3 Å². The minimum Gasteiger partial charge on any atom is -0.481 e. The number of aromatic nitrogens is 1. The Kier molecular flexibility index (Phi) is 3.79. The molecule has 2 N–H and O–H groups in total. The third kappa shape index (κ3) is 2.83. The molecule has 0 aromatic carbocycles. The Labute approximate surface area is 114 Å². The Morgan fingerprint density at radius 1 is 1.60 bits per heavy atom. The number of carbonyl (C=O) groups is 1. The highest BCUT2D eigenvalue weighted by Crippen LogP contribution is 2.30. The first-order valence-electron chi connectivity index (χ1n) is 6.05. The van der Waals surface area contributed by atoms with Crippen LogP contribution in [0.2, 0.25) is 0 Å². The highest BCUT2D eigenvalue weighted by Gasteiger charge is 2.31. The molecule has 1 aliphatic carbocycles. The molecule has 0 radical (unpaired) electrons. The van der Waals surface area contributed by atoms with Crippen LogP contribution in [-0.4, -0.2) is 27.0 Å². The lowest BCUT2D eigenvalue weighted by Gasteiger charge is -2.13. The Hall–Kier alpha value is -2.69. The van der Waals surface area contributed by atoms with Crippen molar-refractivity contribution in [1.82, 2.24) is 4.98 Å². The third-order valence-electron chi connectivity index (χ3n) is 3.32. The van der Waals surface area contributed by atoms with Gasteiger partial charge >= 0.3 is 11.7 Å². The van der Waals surface area contributed by atoms with Crippen LogP contribution in [0.15, 0.2) is 12.3 Å².